The molecule has 2 N–H and O–H groups in total. The lowest BCUT2D eigenvalue weighted by Crippen LogP contribution is -2.60. The maximum absolute atomic E-state index is 12.1. The number of aliphatic hydroxyl groups is 1. The number of β-lactam (4-membered cyclic amide) rings is 1. The van der Waals surface area contributed by atoms with Gasteiger partial charge in [-0.25, -0.2) is 4.79 Å². The number of thioether (sulfide) groups is 2. The molecule has 1 saturated heterocycles. The van der Waals surface area contributed by atoms with Gasteiger partial charge in [0, 0.05) is 5.75 Å². The van der Waals surface area contributed by atoms with Crippen LogP contribution in [0.25, 0.3) is 0 Å². The van der Waals surface area contributed by atoms with Gasteiger partial charge in [-0.3, -0.25) is 14.1 Å². The van der Waals surface area contributed by atoms with Crippen molar-refractivity contribution >= 4 is 35.4 Å². The Morgan fingerprint density at radius 2 is 2.32 bits per heavy atom. The first-order valence-corrected chi connectivity index (χ1v) is 7.69. The molecule has 19 heavy (non-hydrogen) atoms. The summed E-state index contributed by atoms with van der Waals surface area (Å²) in [7, 11) is 0. The van der Waals surface area contributed by atoms with E-state index in [9.17, 15) is 24.2 Å². The average molecular weight is 307 g/mol. The highest BCUT2D eigenvalue weighted by Gasteiger charge is 2.57. The summed E-state index contributed by atoms with van der Waals surface area (Å²) in [4.78, 5) is 24.3. The number of carbonyl (C=O) groups is 2. The van der Waals surface area contributed by atoms with E-state index < -0.39 is 24.7 Å². The van der Waals surface area contributed by atoms with Gasteiger partial charge in [0.05, 0.1) is 22.9 Å². The van der Waals surface area contributed by atoms with Crippen molar-refractivity contribution in [2.75, 3.05) is 12.4 Å². The first kappa shape index (κ1) is 14.7. The molecule has 0 aromatic rings. The molecule has 0 saturated carbocycles. The third kappa shape index (κ3) is 2.48. The van der Waals surface area contributed by atoms with E-state index in [-0.39, 0.29) is 17.0 Å². The second-order valence-electron chi connectivity index (χ2n) is 4.32. The van der Waals surface area contributed by atoms with E-state index in [1.807, 2.05) is 0 Å². The van der Waals surface area contributed by atoms with E-state index in [0.29, 0.717) is 16.4 Å². The zero-order chi connectivity index (χ0) is 14.2. The summed E-state index contributed by atoms with van der Waals surface area (Å²) in [5, 5.41) is 18.4. The monoisotopic (exact) mass is 307 g/mol. The van der Waals surface area contributed by atoms with Crippen LogP contribution in [0.1, 0.15) is 13.3 Å². The van der Waals surface area contributed by atoms with Crippen molar-refractivity contribution in [1.82, 2.24) is 4.90 Å². The van der Waals surface area contributed by atoms with Gasteiger partial charge in [-0.15, -0.1) is 11.8 Å². The Kier molecular flexibility index (Phi) is 4.42. The van der Waals surface area contributed by atoms with Gasteiger partial charge in [0.1, 0.15) is 5.37 Å². The molecule has 0 radical (unpaired) electrons. The number of hydrogen-bond acceptors (Lipinski definition) is 5. The second kappa shape index (κ2) is 5.72. The van der Waals surface area contributed by atoms with Gasteiger partial charge in [-0.05, 0) is 13.3 Å². The molecular formula is C11H14FNO4S2. The van der Waals surface area contributed by atoms with Gasteiger partial charge in [-0.2, -0.15) is 0 Å². The quantitative estimate of drug-likeness (QED) is 0.568. The van der Waals surface area contributed by atoms with E-state index in [0.717, 1.165) is 0 Å². The number of halogens is 1. The number of fused-ring (bicyclic) bond motifs is 1. The summed E-state index contributed by atoms with van der Waals surface area (Å²) < 4.78 is 12.6. The number of hydrogen-bond donors (Lipinski definition) is 2. The molecule has 3 atom stereocenters. The van der Waals surface area contributed by atoms with E-state index in [1.165, 1.54) is 35.3 Å². The number of amides is 1. The number of alkyl halides is 1. The van der Waals surface area contributed by atoms with Crippen LogP contribution in [0, 0.1) is 5.92 Å². The molecule has 0 aliphatic carbocycles. The predicted octanol–water partition coefficient (Wildman–Crippen LogP) is 1.25. The van der Waals surface area contributed by atoms with Crippen molar-refractivity contribution < 1.29 is 24.2 Å². The molecule has 0 aromatic heterocycles. The molecular weight excluding hydrogens is 293 g/mol. The summed E-state index contributed by atoms with van der Waals surface area (Å²) in [6.45, 7) is 1.07. The van der Waals surface area contributed by atoms with Gasteiger partial charge in [0.15, 0.2) is 5.70 Å². The second-order valence-corrected chi connectivity index (χ2v) is 6.81. The molecule has 2 rings (SSSR count). The number of carbonyl (C=O) groups excluding carboxylic acids is 1. The normalized spacial score (nSPS) is 27.3. The van der Waals surface area contributed by atoms with Crippen LogP contribution < -0.4 is 0 Å². The maximum atomic E-state index is 12.1. The minimum absolute atomic E-state index is 0.0271. The first-order valence-electron chi connectivity index (χ1n) is 5.83. The zero-order valence-electron chi connectivity index (χ0n) is 10.2. The Hall–Kier alpha value is -0.730. The van der Waals surface area contributed by atoms with E-state index in [2.05, 4.69) is 0 Å². The first-order chi connectivity index (χ1) is 8.99. The van der Waals surface area contributed by atoms with Crippen LogP contribution in [0.15, 0.2) is 9.93 Å². The van der Waals surface area contributed by atoms with E-state index in [1.54, 1.807) is 0 Å². The van der Waals surface area contributed by atoms with Gasteiger partial charge in [-0.1, -0.05) is 11.8 Å². The Morgan fingerprint density at radius 1 is 1.63 bits per heavy atom. The highest BCUT2D eigenvalue weighted by Crippen LogP contribution is 2.53. The third-order valence-corrected chi connectivity index (χ3v) is 5.72. The fraction of sp³-hybridized carbons (Fsp3) is 0.636. The lowest BCUT2D eigenvalue weighted by atomic mass is 9.92. The summed E-state index contributed by atoms with van der Waals surface area (Å²) >= 11 is 2.53. The largest absolute Gasteiger partial charge is 0.477 e. The van der Waals surface area contributed by atoms with Gasteiger partial charge >= 0.3 is 5.97 Å². The van der Waals surface area contributed by atoms with Crippen molar-refractivity contribution in [2.24, 2.45) is 5.92 Å². The number of nitrogens with zero attached hydrogens (tertiary/aromatic N) is 1. The smallest absolute Gasteiger partial charge is 0.354 e. The lowest BCUT2D eigenvalue weighted by Gasteiger charge is -2.43. The molecule has 106 valence electrons. The molecule has 5 nitrogen and oxygen atoms in total. The maximum Gasteiger partial charge on any atom is 0.354 e. The van der Waals surface area contributed by atoms with Gasteiger partial charge in [0.2, 0.25) is 5.91 Å². The SMILES string of the molecule is CC(O)[C@H]1C(=O)N2C(C(=O)O)=C(SCCCF)S[C@H]12. The number of aliphatic hydroxyl groups excluding tert-OH is 1. The molecule has 0 spiro atoms. The van der Waals surface area contributed by atoms with Gasteiger partial charge < -0.3 is 10.2 Å². The van der Waals surface area contributed by atoms with Gasteiger partial charge in [0.25, 0.3) is 0 Å². The van der Waals surface area contributed by atoms with Crippen LogP contribution in [0.3, 0.4) is 0 Å². The minimum Gasteiger partial charge on any atom is -0.477 e. The van der Waals surface area contributed by atoms with E-state index in [4.69, 9.17) is 0 Å². The van der Waals surface area contributed by atoms with Crippen molar-refractivity contribution in [3.63, 3.8) is 0 Å². The number of aliphatic carboxylic acids is 1. The van der Waals surface area contributed by atoms with E-state index >= 15 is 0 Å². The average Bonchev–Trinajstić information content (AvgIpc) is 2.64. The molecule has 8 heteroatoms. The molecule has 0 aromatic carbocycles. The van der Waals surface area contributed by atoms with Crippen LogP contribution in [-0.4, -0.2) is 50.9 Å². The fourth-order valence-electron chi connectivity index (χ4n) is 2.07. The Labute approximate surface area is 118 Å². The van der Waals surface area contributed by atoms with Crippen LogP contribution in [0.2, 0.25) is 0 Å². The molecule has 2 aliphatic rings. The highest BCUT2D eigenvalue weighted by molar-refractivity contribution is 8.22. The van der Waals surface area contributed by atoms with Crippen LogP contribution in [0.5, 0.6) is 0 Å². The van der Waals surface area contributed by atoms with Crippen LogP contribution in [0.4, 0.5) is 4.39 Å². The summed E-state index contributed by atoms with van der Waals surface area (Å²) in [5.74, 6) is -1.59. The van der Waals surface area contributed by atoms with Crippen molar-refractivity contribution in [3.05, 3.63) is 9.93 Å². The number of carboxylic acid groups (broad SMARTS) is 1. The van der Waals surface area contributed by atoms with Crippen LogP contribution in [-0.2, 0) is 9.59 Å². The summed E-state index contributed by atoms with van der Waals surface area (Å²) in [5.41, 5.74) is -0.0271. The lowest BCUT2D eigenvalue weighted by molar-refractivity contribution is -0.156. The van der Waals surface area contributed by atoms with Crippen molar-refractivity contribution in [3.8, 4) is 0 Å². The molecule has 1 fully saturated rings. The molecule has 2 aliphatic heterocycles. The number of rotatable bonds is 6. The van der Waals surface area contributed by atoms with Crippen molar-refractivity contribution in [2.45, 2.75) is 24.8 Å². The third-order valence-electron chi connectivity index (χ3n) is 2.98. The summed E-state index contributed by atoms with van der Waals surface area (Å²) in [6.07, 6.45) is -0.452. The Balaban J connectivity index is 2.14. The molecule has 2 heterocycles. The topological polar surface area (TPSA) is 77.8 Å². The predicted molar refractivity (Wildman–Crippen MR) is 71.1 cm³/mol. The Morgan fingerprint density at radius 3 is 2.84 bits per heavy atom. The Bertz CT molecular complexity index is 440. The molecule has 1 amide bonds. The standard InChI is InChI=1S/C11H14FNO4S2/c1-5(14)6-8(15)13-7(10(16)17)11(19-9(6)13)18-4-2-3-12/h5-6,9,14H,2-4H2,1H3,(H,16,17)/t5?,6-,9+/m0/s1. The zero-order valence-corrected chi connectivity index (χ0v) is 11.8. The molecule has 0 bridgehead atoms. The summed E-state index contributed by atoms with van der Waals surface area (Å²) in [6, 6.07) is 0. The number of carboxylic acids is 1. The fourth-order valence-corrected chi connectivity index (χ4v) is 4.97. The van der Waals surface area contributed by atoms with Crippen molar-refractivity contribution in [1.29, 1.82) is 0 Å². The minimum atomic E-state index is -1.16. The molecule has 1 unspecified atom stereocenters. The van der Waals surface area contributed by atoms with Crippen LogP contribution >= 0.6 is 23.5 Å². The highest BCUT2D eigenvalue weighted by atomic mass is 32.2.